The van der Waals surface area contributed by atoms with Crippen LogP contribution < -0.4 is 0 Å². The first-order valence-electron chi connectivity index (χ1n) is 7.57. The fraction of sp³-hybridized carbons (Fsp3) is 0.733. The molecule has 2 fully saturated rings. The standard InChI is InChI=1S/C15H21NO6/c1-19-6-7-21-9-8-20-5-4-16-14(17)12-10-2-3-11(22-10)13(12)15(16)18/h2-3,10-13H,4-9H2,1H3. The SMILES string of the molecule is COCCOCCOCCN1C(=O)C2C3C=CC(O3)C2C1=O. The molecule has 3 heterocycles. The number of hydrogen-bond donors (Lipinski definition) is 0. The Labute approximate surface area is 129 Å². The normalized spacial score (nSPS) is 32.3. The third kappa shape index (κ3) is 2.81. The van der Waals surface area contributed by atoms with Gasteiger partial charge in [0, 0.05) is 7.11 Å². The Bertz CT molecular complexity index is 435. The molecular weight excluding hydrogens is 290 g/mol. The van der Waals surface area contributed by atoms with Gasteiger partial charge in [-0.05, 0) is 0 Å². The van der Waals surface area contributed by atoms with Gasteiger partial charge in [-0.15, -0.1) is 0 Å². The maximum atomic E-state index is 12.3. The van der Waals surface area contributed by atoms with Gasteiger partial charge >= 0.3 is 0 Å². The lowest BCUT2D eigenvalue weighted by Crippen LogP contribution is -2.37. The zero-order valence-corrected chi connectivity index (χ0v) is 12.6. The summed E-state index contributed by atoms with van der Waals surface area (Å²) in [7, 11) is 1.62. The lowest BCUT2D eigenvalue weighted by Gasteiger charge is -2.17. The number of carbonyl (C=O) groups is 2. The second-order valence-electron chi connectivity index (χ2n) is 5.55. The van der Waals surface area contributed by atoms with Crippen molar-refractivity contribution in [1.29, 1.82) is 0 Å². The molecule has 7 heteroatoms. The molecule has 2 saturated heterocycles. The van der Waals surface area contributed by atoms with E-state index in [2.05, 4.69) is 0 Å². The van der Waals surface area contributed by atoms with Crippen molar-refractivity contribution in [3.63, 3.8) is 0 Å². The van der Waals surface area contributed by atoms with Crippen molar-refractivity contribution in [1.82, 2.24) is 4.90 Å². The van der Waals surface area contributed by atoms with Crippen LogP contribution in [0.1, 0.15) is 0 Å². The van der Waals surface area contributed by atoms with Crippen LogP contribution in [0.25, 0.3) is 0 Å². The number of imide groups is 1. The molecule has 0 aromatic heterocycles. The van der Waals surface area contributed by atoms with E-state index in [0.717, 1.165) is 0 Å². The van der Waals surface area contributed by atoms with Crippen LogP contribution in [-0.2, 0) is 28.5 Å². The van der Waals surface area contributed by atoms with Crippen molar-refractivity contribution in [2.24, 2.45) is 11.8 Å². The van der Waals surface area contributed by atoms with Gasteiger partial charge in [0.05, 0.1) is 63.6 Å². The van der Waals surface area contributed by atoms with E-state index < -0.39 is 0 Å². The number of ether oxygens (including phenoxy) is 4. The second kappa shape index (κ2) is 6.87. The smallest absolute Gasteiger partial charge is 0.236 e. The minimum atomic E-state index is -0.333. The molecule has 3 aliphatic rings. The molecule has 4 atom stereocenters. The van der Waals surface area contributed by atoms with E-state index in [0.29, 0.717) is 39.6 Å². The Morgan fingerprint density at radius 3 is 2.09 bits per heavy atom. The number of amides is 2. The molecule has 7 nitrogen and oxygen atoms in total. The first kappa shape index (κ1) is 15.6. The summed E-state index contributed by atoms with van der Waals surface area (Å²) in [6, 6.07) is 0. The number of methoxy groups -OCH3 is 1. The third-order valence-electron chi connectivity index (χ3n) is 4.26. The molecule has 0 aromatic carbocycles. The van der Waals surface area contributed by atoms with Crippen LogP contribution in [0.2, 0.25) is 0 Å². The molecule has 2 amide bonds. The predicted octanol–water partition coefficient (Wildman–Crippen LogP) is -0.396. The van der Waals surface area contributed by atoms with Crippen molar-refractivity contribution >= 4 is 11.8 Å². The van der Waals surface area contributed by atoms with E-state index >= 15 is 0 Å². The number of fused-ring (bicyclic) bond motifs is 5. The van der Waals surface area contributed by atoms with Crippen LogP contribution in [0.4, 0.5) is 0 Å². The highest BCUT2D eigenvalue weighted by atomic mass is 16.5. The Morgan fingerprint density at radius 2 is 1.50 bits per heavy atom. The van der Waals surface area contributed by atoms with Crippen molar-refractivity contribution in [2.45, 2.75) is 12.2 Å². The first-order chi connectivity index (χ1) is 10.7. The van der Waals surface area contributed by atoms with E-state index in [1.165, 1.54) is 4.90 Å². The van der Waals surface area contributed by atoms with Gasteiger partial charge in [0.2, 0.25) is 11.8 Å². The van der Waals surface area contributed by atoms with E-state index in [1.807, 2.05) is 12.2 Å². The van der Waals surface area contributed by atoms with E-state index in [4.69, 9.17) is 18.9 Å². The van der Waals surface area contributed by atoms with Crippen LogP contribution >= 0.6 is 0 Å². The zero-order chi connectivity index (χ0) is 15.5. The lowest BCUT2D eigenvalue weighted by molar-refractivity contribution is -0.143. The molecule has 0 saturated carbocycles. The molecule has 0 aromatic rings. The largest absolute Gasteiger partial charge is 0.382 e. The minimum absolute atomic E-state index is 0.133. The van der Waals surface area contributed by atoms with E-state index in [1.54, 1.807) is 7.11 Å². The van der Waals surface area contributed by atoms with Gasteiger partial charge in [-0.3, -0.25) is 14.5 Å². The monoisotopic (exact) mass is 311 g/mol. The maximum Gasteiger partial charge on any atom is 0.236 e. The van der Waals surface area contributed by atoms with Gasteiger partial charge in [-0.2, -0.15) is 0 Å². The van der Waals surface area contributed by atoms with Gasteiger partial charge in [0.15, 0.2) is 0 Å². The molecule has 3 aliphatic heterocycles. The van der Waals surface area contributed by atoms with Gasteiger partial charge in [0.1, 0.15) is 0 Å². The third-order valence-corrected chi connectivity index (χ3v) is 4.26. The number of rotatable bonds is 9. The van der Waals surface area contributed by atoms with Crippen molar-refractivity contribution in [3.05, 3.63) is 12.2 Å². The van der Waals surface area contributed by atoms with Crippen molar-refractivity contribution in [3.8, 4) is 0 Å². The van der Waals surface area contributed by atoms with E-state index in [9.17, 15) is 9.59 Å². The minimum Gasteiger partial charge on any atom is -0.382 e. The molecule has 122 valence electrons. The topological polar surface area (TPSA) is 74.3 Å². The summed E-state index contributed by atoms with van der Waals surface area (Å²) in [5.74, 6) is -0.932. The molecule has 4 unspecified atom stereocenters. The fourth-order valence-corrected chi connectivity index (χ4v) is 3.21. The fourth-order valence-electron chi connectivity index (χ4n) is 3.21. The molecule has 3 rings (SSSR count). The molecule has 22 heavy (non-hydrogen) atoms. The highest BCUT2D eigenvalue weighted by molar-refractivity contribution is 6.06. The summed E-state index contributed by atoms with van der Waals surface area (Å²) in [6.45, 7) is 2.61. The Morgan fingerprint density at radius 1 is 0.955 bits per heavy atom. The predicted molar refractivity (Wildman–Crippen MR) is 75.0 cm³/mol. The summed E-state index contributed by atoms with van der Waals surface area (Å²) in [5, 5.41) is 0. The van der Waals surface area contributed by atoms with Gasteiger partial charge < -0.3 is 18.9 Å². The summed E-state index contributed by atoms with van der Waals surface area (Å²) < 4.78 is 21.1. The Kier molecular flexibility index (Phi) is 4.87. The molecule has 0 N–H and O–H groups in total. The van der Waals surface area contributed by atoms with Crippen LogP contribution in [0, 0.1) is 11.8 Å². The van der Waals surface area contributed by atoms with Crippen LogP contribution in [-0.4, -0.2) is 75.6 Å². The molecule has 0 aliphatic carbocycles. The lowest BCUT2D eigenvalue weighted by atomic mass is 9.85. The number of likely N-dealkylation sites (tertiary alicyclic amines) is 1. The molecule has 2 bridgehead atoms. The van der Waals surface area contributed by atoms with Crippen molar-refractivity contribution < 1.29 is 28.5 Å². The average molecular weight is 311 g/mol. The Balaban J connectivity index is 1.37. The highest BCUT2D eigenvalue weighted by Gasteiger charge is 2.60. The second-order valence-corrected chi connectivity index (χ2v) is 5.55. The van der Waals surface area contributed by atoms with Crippen LogP contribution in [0.5, 0.6) is 0 Å². The highest BCUT2D eigenvalue weighted by Crippen LogP contribution is 2.44. The summed E-state index contributed by atoms with van der Waals surface area (Å²) in [5.41, 5.74) is 0. The van der Waals surface area contributed by atoms with Crippen LogP contribution in [0.15, 0.2) is 12.2 Å². The average Bonchev–Trinajstić information content (AvgIpc) is 3.18. The molecular formula is C15H21NO6. The zero-order valence-electron chi connectivity index (χ0n) is 12.6. The van der Waals surface area contributed by atoms with Crippen LogP contribution in [0.3, 0.4) is 0 Å². The Hall–Kier alpha value is -1.28. The van der Waals surface area contributed by atoms with E-state index in [-0.39, 0.29) is 35.9 Å². The summed E-state index contributed by atoms with van der Waals surface area (Å²) >= 11 is 0. The molecule has 0 spiro atoms. The van der Waals surface area contributed by atoms with Gasteiger partial charge in [-0.1, -0.05) is 12.2 Å². The van der Waals surface area contributed by atoms with Gasteiger partial charge in [0.25, 0.3) is 0 Å². The number of nitrogens with zero attached hydrogens (tertiary/aromatic N) is 1. The van der Waals surface area contributed by atoms with Gasteiger partial charge in [-0.25, -0.2) is 0 Å². The number of carbonyl (C=O) groups excluding carboxylic acids is 2. The molecule has 0 radical (unpaired) electrons. The summed E-state index contributed by atoms with van der Waals surface area (Å²) in [6.07, 6.45) is 3.31. The van der Waals surface area contributed by atoms with Crippen molar-refractivity contribution in [2.75, 3.05) is 46.7 Å². The quantitative estimate of drug-likeness (QED) is 0.328. The maximum absolute atomic E-state index is 12.3. The number of hydrogen-bond acceptors (Lipinski definition) is 6. The first-order valence-corrected chi connectivity index (χ1v) is 7.57. The summed E-state index contributed by atoms with van der Waals surface area (Å²) in [4.78, 5) is 26.0.